The Hall–Kier alpha value is -1.04. The highest BCUT2D eigenvalue weighted by molar-refractivity contribution is 8.01. The zero-order valence-corrected chi connectivity index (χ0v) is 14.1. The average molecular weight is 310 g/mol. The van der Waals surface area contributed by atoms with E-state index in [9.17, 15) is 4.79 Å². The van der Waals surface area contributed by atoms with E-state index >= 15 is 0 Å². The number of carbonyl (C=O) groups is 1. The molecule has 1 amide bonds. The number of nitrogens with zero attached hydrogens (tertiary/aromatic N) is 3. The Morgan fingerprint density at radius 2 is 2.10 bits per heavy atom. The van der Waals surface area contributed by atoms with Gasteiger partial charge >= 0.3 is 0 Å². The van der Waals surface area contributed by atoms with Crippen molar-refractivity contribution in [2.24, 2.45) is 0 Å². The summed E-state index contributed by atoms with van der Waals surface area (Å²) in [5.74, 6) is 2.74. The number of amides is 1. The van der Waals surface area contributed by atoms with Gasteiger partial charge in [0.2, 0.25) is 5.91 Å². The smallest absolute Gasteiger partial charge is 0.230 e. The number of hydrogen-bond acceptors (Lipinski definition) is 4. The standard InChI is InChI=1S/C15H26N4OS/c1-15(2,3)21-11-14(20)16-9-8-13-18-17-12-7-5-4-6-10-19(12)13/h4-11H2,1-3H3,(H,16,20). The molecule has 0 radical (unpaired) electrons. The molecular weight excluding hydrogens is 284 g/mol. The van der Waals surface area contributed by atoms with Crippen molar-refractivity contribution in [2.75, 3.05) is 12.3 Å². The lowest BCUT2D eigenvalue weighted by Gasteiger charge is -2.16. The quantitative estimate of drug-likeness (QED) is 0.906. The Morgan fingerprint density at radius 1 is 1.29 bits per heavy atom. The van der Waals surface area contributed by atoms with Gasteiger partial charge in [-0.25, -0.2) is 0 Å². The monoisotopic (exact) mass is 310 g/mol. The zero-order valence-electron chi connectivity index (χ0n) is 13.3. The van der Waals surface area contributed by atoms with Crippen LogP contribution in [-0.4, -0.2) is 37.7 Å². The summed E-state index contributed by atoms with van der Waals surface area (Å²) >= 11 is 1.67. The van der Waals surface area contributed by atoms with Gasteiger partial charge in [0.1, 0.15) is 11.6 Å². The summed E-state index contributed by atoms with van der Waals surface area (Å²) < 4.78 is 2.37. The Bertz CT molecular complexity index is 479. The van der Waals surface area contributed by atoms with Gasteiger partial charge in [0, 0.05) is 30.7 Å². The second-order valence-corrected chi connectivity index (χ2v) is 8.30. The van der Waals surface area contributed by atoms with E-state index in [1.54, 1.807) is 11.8 Å². The molecule has 0 unspecified atom stereocenters. The lowest BCUT2D eigenvalue weighted by atomic mass is 10.2. The van der Waals surface area contributed by atoms with Crippen LogP contribution in [0.5, 0.6) is 0 Å². The second-order valence-electron chi connectivity index (χ2n) is 6.50. The molecule has 0 bridgehead atoms. The SMILES string of the molecule is CC(C)(C)SCC(=O)NCCc1nnc2n1CCCCC2. The molecule has 0 aliphatic carbocycles. The van der Waals surface area contributed by atoms with Crippen LogP contribution in [0.3, 0.4) is 0 Å². The van der Waals surface area contributed by atoms with Crippen molar-refractivity contribution in [1.29, 1.82) is 0 Å². The maximum atomic E-state index is 11.8. The number of aromatic nitrogens is 3. The molecule has 0 spiro atoms. The predicted octanol–water partition coefficient (Wildman–Crippen LogP) is 2.19. The zero-order chi connectivity index (χ0) is 15.3. The lowest BCUT2D eigenvalue weighted by molar-refractivity contribution is -0.118. The third kappa shape index (κ3) is 5.34. The van der Waals surface area contributed by atoms with Crippen molar-refractivity contribution in [3.8, 4) is 0 Å². The number of nitrogens with one attached hydrogen (secondary N) is 1. The van der Waals surface area contributed by atoms with E-state index in [2.05, 4.69) is 40.9 Å². The summed E-state index contributed by atoms with van der Waals surface area (Å²) in [6.07, 6.45) is 5.47. The van der Waals surface area contributed by atoms with Crippen LogP contribution >= 0.6 is 11.8 Å². The fraction of sp³-hybridized carbons (Fsp3) is 0.800. The maximum Gasteiger partial charge on any atom is 0.230 e. The molecule has 0 aromatic carbocycles. The van der Waals surface area contributed by atoms with Gasteiger partial charge in [-0.2, -0.15) is 0 Å². The number of hydrogen-bond donors (Lipinski definition) is 1. The summed E-state index contributed by atoms with van der Waals surface area (Å²) in [7, 11) is 0. The fourth-order valence-corrected chi connectivity index (χ4v) is 3.04. The molecule has 0 fully saturated rings. The van der Waals surface area contributed by atoms with Crippen LogP contribution in [0.1, 0.15) is 51.7 Å². The fourth-order valence-electron chi connectivity index (χ4n) is 2.38. The number of aryl methyl sites for hydroxylation is 1. The topological polar surface area (TPSA) is 59.8 Å². The molecule has 6 heteroatoms. The minimum atomic E-state index is 0.102. The van der Waals surface area contributed by atoms with Crippen LogP contribution in [0, 0.1) is 0 Å². The van der Waals surface area contributed by atoms with Crippen LogP contribution in [0.25, 0.3) is 0 Å². The van der Waals surface area contributed by atoms with Gasteiger partial charge in [-0.1, -0.05) is 27.2 Å². The van der Waals surface area contributed by atoms with E-state index in [1.807, 2.05) is 0 Å². The molecule has 1 aromatic rings. The van der Waals surface area contributed by atoms with Crippen LogP contribution < -0.4 is 5.32 Å². The van der Waals surface area contributed by atoms with Gasteiger partial charge in [0.25, 0.3) is 0 Å². The molecule has 1 aromatic heterocycles. The first-order valence-electron chi connectivity index (χ1n) is 7.77. The van der Waals surface area contributed by atoms with E-state index in [1.165, 1.54) is 19.3 Å². The molecule has 1 aliphatic rings. The Balaban J connectivity index is 1.76. The molecule has 0 atom stereocenters. The van der Waals surface area contributed by atoms with Gasteiger partial charge in [-0.05, 0) is 12.8 Å². The largest absolute Gasteiger partial charge is 0.355 e. The van der Waals surface area contributed by atoms with E-state index in [-0.39, 0.29) is 10.7 Å². The molecule has 5 nitrogen and oxygen atoms in total. The molecule has 1 aliphatic heterocycles. The maximum absolute atomic E-state index is 11.8. The third-order valence-electron chi connectivity index (χ3n) is 3.49. The van der Waals surface area contributed by atoms with Gasteiger partial charge in [0.15, 0.2) is 0 Å². The van der Waals surface area contributed by atoms with Crippen molar-refractivity contribution < 1.29 is 4.79 Å². The molecule has 2 heterocycles. The first-order chi connectivity index (χ1) is 9.96. The first-order valence-corrected chi connectivity index (χ1v) is 8.76. The minimum absolute atomic E-state index is 0.102. The Kier molecular flexibility index (Phi) is 5.67. The highest BCUT2D eigenvalue weighted by atomic mass is 32.2. The predicted molar refractivity (Wildman–Crippen MR) is 86.5 cm³/mol. The summed E-state index contributed by atoms with van der Waals surface area (Å²) in [6, 6.07) is 0. The van der Waals surface area contributed by atoms with Gasteiger partial charge in [0.05, 0.1) is 5.75 Å². The molecule has 21 heavy (non-hydrogen) atoms. The average Bonchev–Trinajstić information content (AvgIpc) is 2.65. The Morgan fingerprint density at radius 3 is 2.86 bits per heavy atom. The minimum Gasteiger partial charge on any atom is -0.355 e. The summed E-state index contributed by atoms with van der Waals surface area (Å²) in [5.41, 5.74) is 0. The third-order valence-corrected chi connectivity index (χ3v) is 4.77. The van der Waals surface area contributed by atoms with Crippen LogP contribution in [0.15, 0.2) is 0 Å². The molecule has 118 valence electrons. The molecule has 0 saturated heterocycles. The second kappa shape index (κ2) is 7.29. The molecule has 1 N–H and O–H groups in total. The summed E-state index contributed by atoms with van der Waals surface area (Å²) in [5, 5.41) is 11.5. The first kappa shape index (κ1) is 16.3. The number of thioether (sulfide) groups is 1. The number of fused-ring (bicyclic) bond motifs is 1. The normalized spacial score (nSPS) is 15.4. The van der Waals surface area contributed by atoms with Crippen molar-refractivity contribution in [2.45, 2.75) is 64.2 Å². The molecule has 0 saturated carbocycles. The van der Waals surface area contributed by atoms with Gasteiger partial charge in [-0.3, -0.25) is 4.79 Å². The Labute approximate surface area is 131 Å². The summed E-state index contributed by atoms with van der Waals surface area (Å²) in [4.78, 5) is 11.8. The molecular formula is C15H26N4OS. The van der Waals surface area contributed by atoms with E-state index < -0.39 is 0 Å². The highest BCUT2D eigenvalue weighted by Gasteiger charge is 2.15. The number of carbonyl (C=O) groups excluding carboxylic acids is 1. The highest BCUT2D eigenvalue weighted by Crippen LogP contribution is 2.22. The van der Waals surface area contributed by atoms with Gasteiger partial charge < -0.3 is 9.88 Å². The number of rotatable bonds is 5. The van der Waals surface area contributed by atoms with Crippen molar-refractivity contribution in [3.63, 3.8) is 0 Å². The van der Waals surface area contributed by atoms with Crippen LogP contribution in [-0.2, 0) is 24.2 Å². The van der Waals surface area contributed by atoms with Crippen LogP contribution in [0.2, 0.25) is 0 Å². The summed E-state index contributed by atoms with van der Waals surface area (Å²) in [6.45, 7) is 8.02. The lowest BCUT2D eigenvalue weighted by Crippen LogP contribution is -2.29. The van der Waals surface area contributed by atoms with E-state index in [4.69, 9.17) is 0 Å². The van der Waals surface area contributed by atoms with Crippen LogP contribution in [0.4, 0.5) is 0 Å². The van der Waals surface area contributed by atoms with Crippen molar-refractivity contribution in [3.05, 3.63) is 11.6 Å². The van der Waals surface area contributed by atoms with E-state index in [0.717, 1.165) is 31.0 Å². The van der Waals surface area contributed by atoms with E-state index in [0.29, 0.717) is 12.3 Å². The van der Waals surface area contributed by atoms with Crippen molar-refractivity contribution >= 4 is 17.7 Å². The molecule has 2 rings (SSSR count). The van der Waals surface area contributed by atoms with Gasteiger partial charge in [-0.15, -0.1) is 22.0 Å². The van der Waals surface area contributed by atoms with Crippen molar-refractivity contribution in [1.82, 2.24) is 20.1 Å².